The number of aromatic nitrogens is 1. The van der Waals surface area contributed by atoms with Gasteiger partial charge in [-0.25, -0.2) is 0 Å². The van der Waals surface area contributed by atoms with Crippen molar-refractivity contribution in [2.75, 3.05) is 18.2 Å². The highest BCUT2D eigenvalue weighted by Crippen LogP contribution is 2.14. The Bertz CT molecular complexity index is 500. The molecule has 0 bridgehead atoms. The van der Waals surface area contributed by atoms with Crippen molar-refractivity contribution >= 4 is 11.5 Å². The second-order valence-electron chi connectivity index (χ2n) is 3.62. The van der Waals surface area contributed by atoms with Crippen LogP contribution in [0, 0.1) is 0 Å². The normalized spacial score (nSPS) is 9.94. The van der Waals surface area contributed by atoms with Gasteiger partial charge >= 0.3 is 0 Å². The lowest BCUT2D eigenvalue weighted by Gasteiger charge is -2.08. The molecule has 2 rings (SSSR count). The van der Waals surface area contributed by atoms with Gasteiger partial charge in [-0.15, -0.1) is 0 Å². The number of nitrogens with zero attached hydrogens (tertiary/aromatic N) is 1. The van der Waals surface area contributed by atoms with Crippen molar-refractivity contribution in [3.63, 3.8) is 0 Å². The third kappa shape index (κ3) is 2.87. The Hall–Kier alpha value is -2.23. The van der Waals surface area contributed by atoms with Gasteiger partial charge in [0.15, 0.2) is 0 Å². The molecule has 0 atom stereocenters. The number of rotatable bonds is 4. The molecule has 1 aromatic carbocycles. The zero-order valence-electron chi connectivity index (χ0n) is 9.68. The van der Waals surface area contributed by atoms with Crippen LogP contribution in [-0.4, -0.2) is 12.1 Å². The minimum atomic E-state index is 0.594. The summed E-state index contributed by atoms with van der Waals surface area (Å²) in [6.45, 7) is 0.646. The summed E-state index contributed by atoms with van der Waals surface area (Å²) in [6, 6.07) is 13.3. The number of benzene rings is 1. The van der Waals surface area contributed by atoms with E-state index in [4.69, 9.17) is 10.5 Å². The maximum atomic E-state index is 5.86. The van der Waals surface area contributed by atoms with Gasteiger partial charge in [-0.3, -0.25) is 0 Å². The van der Waals surface area contributed by atoms with Crippen molar-refractivity contribution in [2.24, 2.45) is 0 Å². The van der Waals surface area contributed by atoms with E-state index in [1.807, 2.05) is 42.5 Å². The number of hydrogen-bond donors (Lipinski definition) is 2. The first-order valence-electron chi connectivity index (χ1n) is 5.38. The second kappa shape index (κ2) is 5.21. The highest BCUT2D eigenvalue weighted by Gasteiger charge is 1.99. The molecule has 88 valence electrons. The van der Waals surface area contributed by atoms with Crippen LogP contribution >= 0.6 is 0 Å². The Balaban J connectivity index is 2.05. The highest BCUT2D eigenvalue weighted by atomic mass is 16.5. The van der Waals surface area contributed by atoms with Crippen molar-refractivity contribution in [2.45, 2.75) is 6.54 Å². The fourth-order valence-electron chi connectivity index (χ4n) is 1.51. The lowest BCUT2D eigenvalue weighted by Crippen LogP contribution is -2.04. The Labute approximate surface area is 100 Å². The number of nitrogen functional groups attached to an aromatic ring is 1. The fraction of sp³-hybridized carbons (Fsp3) is 0.154. The molecule has 0 radical (unpaired) electrons. The van der Waals surface area contributed by atoms with Crippen molar-refractivity contribution in [1.82, 2.24) is 4.98 Å². The van der Waals surface area contributed by atoms with E-state index in [9.17, 15) is 0 Å². The second-order valence-corrected chi connectivity index (χ2v) is 3.62. The van der Waals surface area contributed by atoms with E-state index in [1.165, 1.54) is 0 Å². The summed E-state index contributed by atoms with van der Waals surface area (Å²) in [4.78, 5) is 4.26. The maximum Gasteiger partial charge on any atom is 0.214 e. The fourth-order valence-corrected chi connectivity index (χ4v) is 1.51. The van der Waals surface area contributed by atoms with Gasteiger partial charge in [0, 0.05) is 18.3 Å². The molecule has 3 N–H and O–H groups in total. The number of anilines is 2. The standard InChI is InChI=1S/C13H15N3O/c1-17-13-8-4-7-12(16-13)15-9-10-5-2-3-6-11(10)14/h2-8H,9,14H2,1H3,(H,15,16). The van der Waals surface area contributed by atoms with Crippen LogP contribution in [0.2, 0.25) is 0 Å². The SMILES string of the molecule is COc1cccc(NCc2ccccc2N)n1. The van der Waals surface area contributed by atoms with Gasteiger partial charge in [0.25, 0.3) is 0 Å². The van der Waals surface area contributed by atoms with Gasteiger partial charge in [-0.2, -0.15) is 4.98 Å². The summed E-state index contributed by atoms with van der Waals surface area (Å²) in [5.41, 5.74) is 7.69. The molecular formula is C13H15N3O. The third-order valence-electron chi connectivity index (χ3n) is 2.45. The number of para-hydroxylation sites is 1. The van der Waals surface area contributed by atoms with Crippen molar-refractivity contribution in [3.8, 4) is 5.88 Å². The number of ether oxygens (including phenoxy) is 1. The monoisotopic (exact) mass is 229 g/mol. The highest BCUT2D eigenvalue weighted by molar-refractivity contribution is 5.48. The summed E-state index contributed by atoms with van der Waals surface area (Å²) >= 11 is 0. The first-order chi connectivity index (χ1) is 8.29. The predicted octanol–water partition coefficient (Wildman–Crippen LogP) is 2.28. The van der Waals surface area contributed by atoms with E-state index < -0.39 is 0 Å². The average molecular weight is 229 g/mol. The van der Waals surface area contributed by atoms with E-state index in [0.717, 1.165) is 17.1 Å². The number of pyridine rings is 1. The Morgan fingerprint density at radius 2 is 2.00 bits per heavy atom. The Morgan fingerprint density at radius 1 is 1.18 bits per heavy atom. The molecule has 1 heterocycles. The van der Waals surface area contributed by atoms with Gasteiger partial charge in [0.05, 0.1) is 7.11 Å². The maximum absolute atomic E-state index is 5.86. The van der Waals surface area contributed by atoms with Crippen molar-refractivity contribution in [3.05, 3.63) is 48.0 Å². The number of nitrogens with one attached hydrogen (secondary N) is 1. The minimum Gasteiger partial charge on any atom is -0.481 e. The quantitative estimate of drug-likeness (QED) is 0.790. The molecule has 0 unspecified atom stereocenters. The molecule has 0 aliphatic rings. The molecule has 0 aliphatic heterocycles. The van der Waals surface area contributed by atoms with Crippen LogP contribution in [0.25, 0.3) is 0 Å². The van der Waals surface area contributed by atoms with E-state index in [1.54, 1.807) is 7.11 Å². The summed E-state index contributed by atoms with van der Waals surface area (Å²) < 4.78 is 5.05. The molecule has 0 fully saturated rings. The zero-order chi connectivity index (χ0) is 12.1. The zero-order valence-corrected chi connectivity index (χ0v) is 9.68. The summed E-state index contributed by atoms with van der Waals surface area (Å²) in [6.07, 6.45) is 0. The Morgan fingerprint density at radius 3 is 2.76 bits per heavy atom. The van der Waals surface area contributed by atoms with Crippen molar-refractivity contribution < 1.29 is 4.74 Å². The molecule has 1 aromatic heterocycles. The lowest BCUT2D eigenvalue weighted by molar-refractivity contribution is 0.398. The van der Waals surface area contributed by atoms with Crippen LogP contribution in [0.5, 0.6) is 5.88 Å². The molecule has 0 saturated heterocycles. The average Bonchev–Trinajstić information content (AvgIpc) is 2.38. The van der Waals surface area contributed by atoms with Gasteiger partial charge in [0.1, 0.15) is 5.82 Å². The summed E-state index contributed by atoms with van der Waals surface area (Å²) in [7, 11) is 1.60. The summed E-state index contributed by atoms with van der Waals surface area (Å²) in [5.74, 6) is 1.36. The Kier molecular flexibility index (Phi) is 3.45. The molecule has 4 nitrogen and oxygen atoms in total. The van der Waals surface area contributed by atoms with Crippen LogP contribution in [0.1, 0.15) is 5.56 Å². The van der Waals surface area contributed by atoms with E-state index in [-0.39, 0.29) is 0 Å². The van der Waals surface area contributed by atoms with Crippen molar-refractivity contribution in [1.29, 1.82) is 0 Å². The number of hydrogen-bond acceptors (Lipinski definition) is 4. The van der Waals surface area contributed by atoms with Crippen LogP contribution in [0.4, 0.5) is 11.5 Å². The van der Waals surface area contributed by atoms with Gasteiger partial charge < -0.3 is 15.8 Å². The number of nitrogens with two attached hydrogens (primary N) is 1. The molecular weight excluding hydrogens is 214 g/mol. The van der Waals surface area contributed by atoms with Crippen LogP contribution < -0.4 is 15.8 Å². The third-order valence-corrected chi connectivity index (χ3v) is 2.45. The molecule has 17 heavy (non-hydrogen) atoms. The van der Waals surface area contributed by atoms with Crippen LogP contribution in [0.15, 0.2) is 42.5 Å². The predicted molar refractivity (Wildman–Crippen MR) is 69.0 cm³/mol. The van der Waals surface area contributed by atoms with Gasteiger partial charge in [-0.1, -0.05) is 24.3 Å². The largest absolute Gasteiger partial charge is 0.481 e. The van der Waals surface area contributed by atoms with Crippen LogP contribution in [0.3, 0.4) is 0 Å². The molecule has 0 amide bonds. The first kappa shape index (κ1) is 11.3. The van der Waals surface area contributed by atoms with E-state index in [0.29, 0.717) is 12.4 Å². The van der Waals surface area contributed by atoms with Crippen LogP contribution in [-0.2, 0) is 6.54 Å². The van der Waals surface area contributed by atoms with Gasteiger partial charge in [0.2, 0.25) is 5.88 Å². The summed E-state index contributed by atoms with van der Waals surface area (Å²) in [5, 5.41) is 3.21. The topological polar surface area (TPSA) is 60.2 Å². The molecule has 0 saturated carbocycles. The molecule has 0 aliphatic carbocycles. The van der Waals surface area contributed by atoms with E-state index >= 15 is 0 Å². The lowest BCUT2D eigenvalue weighted by atomic mass is 10.2. The smallest absolute Gasteiger partial charge is 0.214 e. The molecule has 4 heteroatoms. The molecule has 0 spiro atoms. The van der Waals surface area contributed by atoms with Gasteiger partial charge in [-0.05, 0) is 17.7 Å². The minimum absolute atomic E-state index is 0.594. The molecule has 2 aromatic rings. The number of methoxy groups -OCH3 is 1. The first-order valence-corrected chi connectivity index (χ1v) is 5.38. The van der Waals surface area contributed by atoms with E-state index in [2.05, 4.69) is 10.3 Å².